The van der Waals surface area contributed by atoms with Crippen molar-refractivity contribution in [2.45, 2.75) is 32.1 Å². The number of amides is 1. The SMILES string of the molecule is Cc1nc(C2(C)CCCN(C(=O)c3ccccc3F)C2)c2sccn12. The quantitative estimate of drug-likeness (QED) is 0.694. The zero-order valence-corrected chi connectivity index (χ0v) is 15.1. The second-order valence-corrected chi connectivity index (χ2v) is 7.85. The highest BCUT2D eigenvalue weighted by atomic mass is 32.1. The Morgan fingerprint density at radius 2 is 2.16 bits per heavy atom. The Kier molecular flexibility index (Phi) is 3.87. The van der Waals surface area contributed by atoms with Crippen LogP contribution in [0, 0.1) is 12.7 Å². The molecule has 0 bridgehead atoms. The zero-order chi connectivity index (χ0) is 17.6. The molecule has 1 atom stereocenters. The van der Waals surface area contributed by atoms with E-state index in [1.807, 2.05) is 13.1 Å². The van der Waals surface area contributed by atoms with Crippen LogP contribution >= 0.6 is 11.3 Å². The number of aryl methyl sites for hydroxylation is 1. The lowest BCUT2D eigenvalue weighted by Crippen LogP contribution is -2.47. The molecule has 1 saturated heterocycles. The maximum absolute atomic E-state index is 14.0. The Labute approximate surface area is 149 Å². The lowest BCUT2D eigenvalue weighted by atomic mass is 9.79. The van der Waals surface area contributed by atoms with E-state index in [0.29, 0.717) is 13.1 Å². The van der Waals surface area contributed by atoms with Gasteiger partial charge in [0, 0.05) is 30.1 Å². The summed E-state index contributed by atoms with van der Waals surface area (Å²) >= 11 is 1.67. The summed E-state index contributed by atoms with van der Waals surface area (Å²) in [6.07, 6.45) is 3.89. The molecule has 0 aliphatic carbocycles. The first-order valence-electron chi connectivity index (χ1n) is 8.46. The van der Waals surface area contributed by atoms with Gasteiger partial charge in [-0.3, -0.25) is 9.20 Å². The first-order chi connectivity index (χ1) is 12.0. The zero-order valence-electron chi connectivity index (χ0n) is 14.3. The van der Waals surface area contributed by atoms with Crippen molar-refractivity contribution in [1.82, 2.24) is 14.3 Å². The van der Waals surface area contributed by atoms with Crippen molar-refractivity contribution in [1.29, 1.82) is 0 Å². The van der Waals surface area contributed by atoms with E-state index in [-0.39, 0.29) is 16.9 Å². The van der Waals surface area contributed by atoms with Crippen molar-refractivity contribution in [2.24, 2.45) is 0 Å². The molecule has 4 nitrogen and oxygen atoms in total. The Hall–Kier alpha value is -2.21. The number of hydrogen-bond donors (Lipinski definition) is 0. The first kappa shape index (κ1) is 16.3. The van der Waals surface area contributed by atoms with Crippen LogP contribution in [0.1, 0.15) is 41.6 Å². The molecule has 1 unspecified atom stereocenters. The summed E-state index contributed by atoms with van der Waals surface area (Å²) in [5.74, 6) is 0.269. The average molecular weight is 357 g/mol. The van der Waals surface area contributed by atoms with Gasteiger partial charge in [0.25, 0.3) is 5.91 Å². The monoisotopic (exact) mass is 357 g/mol. The Bertz CT molecular complexity index is 947. The minimum atomic E-state index is -0.460. The summed E-state index contributed by atoms with van der Waals surface area (Å²) in [7, 11) is 0. The molecule has 1 fully saturated rings. The van der Waals surface area contributed by atoms with Gasteiger partial charge in [0.05, 0.1) is 11.3 Å². The second-order valence-electron chi connectivity index (χ2n) is 6.96. The van der Waals surface area contributed by atoms with Gasteiger partial charge >= 0.3 is 0 Å². The van der Waals surface area contributed by atoms with Gasteiger partial charge in [0.2, 0.25) is 0 Å². The van der Waals surface area contributed by atoms with E-state index in [1.54, 1.807) is 34.4 Å². The fraction of sp³-hybridized carbons (Fsp3) is 0.368. The number of likely N-dealkylation sites (tertiary alicyclic amines) is 1. The minimum absolute atomic E-state index is 0.147. The Balaban J connectivity index is 1.67. The molecule has 25 heavy (non-hydrogen) atoms. The summed E-state index contributed by atoms with van der Waals surface area (Å²) in [5.41, 5.74) is 0.976. The van der Waals surface area contributed by atoms with Crippen LogP contribution in [0.3, 0.4) is 0 Å². The fourth-order valence-electron chi connectivity index (χ4n) is 3.77. The third-order valence-electron chi connectivity index (χ3n) is 5.09. The molecule has 1 amide bonds. The molecule has 1 aliphatic heterocycles. The molecule has 0 saturated carbocycles. The van der Waals surface area contributed by atoms with Crippen molar-refractivity contribution in [3.8, 4) is 0 Å². The number of hydrogen-bond acceptors (Lipinski definition) is 3. The molecule has 0 radical (unpaired) electrons. The number of halogens is 1. The van der Waals surface area contributed by atoms with E-state index >= 15 is 0 Å². The number of fused-ring (bicyclic) bond motifs is 1. The molecule has 0 N–H and O–H groups in total. The van der Waals surface area contributed by atoms with Gasteiger partial charge < -0.3 is 4.90 Å². The van der Waals surface area contributed by atoms with Gasteiger partial charge in [0.1, 0.15) is 16.5 Å². The maximum atomic E-state index is 14.0. The molecule has 4 rings (SSSR count). The molecule has 130 valence electrons. The molecular formula is C19H20FN3OS. The minimum Gasteiger partial charge on any atom is -0.338 e. The van der Waals surface area contributed by atoms with Crippen LogP contribution in [-0.2, 0) is 5.41 Å². The normalized spacial score (nSPS) is 21.0. The van der Waals surface area contributed by atoms with Gasteiger partial charge in [-0.05, 0) is 31.9 Å². The number of thiazole rings is 1. The van der Waals surface area contributed by atoms with Crippen molar-refractivity contribution in [3.63, 3.8) is 0 Å². The fourth-order valence-corrected chi connectivity index (χ4v) is 4.79. The lowest BCUT2D eigenvalue weighted by molar-refractivity contribution is 0.0644. The van der Waals surface area contributed by atoms with Gasteiger partial charge in [-0.1, -0.05) is 19.1 Å². The van der Waals surface area contributed by atoms with Crippen LogP contribution < -0.4 is 0 Å². The van der Waals surface area contributed by atoms with Crippen molar-refractivity contribution >= 4 is 22.1 Å². The molecule has 1 aliphatic rings. The Morgan fingerprint density at radius 3 is 2.96 bits per heavy atom. The van der Waals surface area contributed by atoms with Crippen molar-refractivity contribution in [3.05, 3.63) is 58.7 Å². The highest BCUT2D eigenvalue weighted by molar-refractivity contribution is 7.15. The summed E-state index contributed by atoms with van der Waals surface area (Å²) in [4.78, 5) is 20.5. The number of piperidine rings is 1. The lowest BCUT2D eigenvalue weighted by Gasteiger charge is -2.39. The predicted molar refractivity (Wildman–Crippen MR) is 96.7 cm³/mol. The molecule has 2 aromatic heterocycles. The second kappa shape index (κ2) is 5.95. The first-order valence-corrected chi connectivity index (χ1v) is 9.34. The van der Waals surface area contributed by atoms with Crippen LogP contribution in [0.15, 0.2) is 35.8 Å². The third kappa shape index (κ3) is 2.65. The van der Waals surface area contributed by atoms with Gasteiger partial charge in [-0.15, -0.1) is 11.3 Å². The number of carbonyl (C=O) groups is 1. The molecule has 3 heterocycles. The van der Waals surface area contributed by atoms with E-state index in [4.69, 9.17) is 4.98 Å². The Morgan fingerprint density at radius 1 is 1.36 bits per heavy atom. The van der Waals surface area contributed by atoms with E-state index in [2.05, 4.69) is 16.7 Å². The van der Waals surface area contributed by atoms with Gasteiger partial charge in [-0.25, -0.2) is 9.37 Å². The highest BCUT2D eigenvalue weighted by Gasteiger charge is 2.38. The van der Waals surface area contributed by atoms with Crippen LogP contribution in [-0.4, -0.2) is 33.3 Å². The van der Waals surface area contributed by atoms with E-state index in [9.17, 15) is 9.18 Å². The summed E-state index contributed by atoms with van der Waals surface area (Å²) in [6, 6.07) is 6.20. The predicted octanol–water partition coefficient (Wildman–Crippen LogP) is 4.04. The summed E-state index contributed by atoms with van der Waals surface area (Å²) < 4.78 is 16.1. The van der Waals surface area contributed by atoms with Crippen molar-refractivity contribution in [2.75, 3.05) is 13.1 Å². The van der Waals surface area contributed by atoms with E-state index in [0.717, 1.165) is 29.2 Å². The van der Waals surface area contributed by atoms with Crippen molar-refractivity contribution < 1.29 is 9.18 Å². The number of nitrogens with zero attached hydrogens (tertiary/aromatic N) is 3. The largest absolute Gasteiger partial charge is 0.338 e. The van der Waals surface area contributed by atoms with Gasteiger partial charge in [0.15, 0.2) is 0 Å². The van der Waals surface area contributed by atoms with Crippen LogP contribution in [0.5, 0.6) is 0 Å². The summed E-state index contributed by atoms with van der Waals surface area (Å²) in [6.45, 7) is 5.38. The number of benzene rings is 1. The highest BCUT2D eigenvalue weighted by Crippen LogP contribution is 2.37. The number of imidazole rings is 1. The maximum Gasteiger partial charge on any atom is 0.256 e. The standard InChI is InChI=1S/C19H20FN3OS/c1-13-21-16(18-23(13)10-11-25-18)19(2)8-5-9-22(12-19)17(24)14-6-3-4-7-15(14)20/h3-4,6-7,10-11H,5,8-9,12H2,1-2H3. The van der Waals surface area contributed by atoms with E-state index < -0.39 is 5.82 Å². The smallest absolute Gasteiger partial charge is 0.256 e. The number of aromatic nitrogens is 2. The topological polar surface area (TPSA) is 37.6 Å². The van der Waals surface area contributed by atoms with Crippen LogP contribution in [0.25, 0.3) is 4.83 Å². The molecule has 6 heteroatoms. The van der Waals surface area contributed by atoms with Crippen LogP contribution in [0.2, 0.25) is 0 Å². The number of carbonyl (C=O) groups excluding carboxylic acids is 1. The van der Waals surface area contributed by atoms with Crippen LogP contribution in [0.4, 0.5) is 4.39 Å². The third-order valence-corrected chi connectivity index (χ3v) is 5.96. The molecule has 1 aromatic carbocycles. The van der Waals surface area contributed by atoms with Gasteiger partial charge in [-0.2, -0.15) is 0 Å². The average Bonchev–Trinajstić information content (AvgIpc) is 3.19. The summed E-state index contributed by atoms with van der Waals surface area (Å²) in [5, 5.41) is 2.06. The molecule has 3 aromatic rings. The molecule has 0 spiro atoms. The number of rotatable bonds is 2. The molecular weight excluding hydrogens is 337 g/mol. The van der Waals surface area contributed by atoms with E-state index in [1.165, 1.54) is 6.07 Å².